The fraction of sp³-hybridized carbons (Fsp3) is 0.316. The van der Waals surface area contributed by atoms with Crippen molar-refractivity contribution in [3.05, 3.63) is 53.1 Å². The van der Waals surface area contributed by atoms with E-state index in [0.717, 1.165) is 34.2 Å². The lowest BCUT2D eigenvalue weighted by molar-refractivity contribution is -0.136. The van der Waals surface area contributed by atoms with Crippen LogP contribution in [0.5, 0.6) is 0 Å². The number of rotatable bonds is 8. The van der Waals surface area contributed by atoms with E-state index in [1.807, 2.05) is 19.9 Å². The monoisotopic (exact) mass is 418 g/mol. The Morgan fingerprint density at radius 2 is 2.12 bits per heavy atom. The van der Waals surface area contributed by atoms with Gasteiger partial charge in [0.15, 0.2) is 0 Å². The van der Waals surface area contributed by atoms with Crippen molar-refractivity contribution >= 4 is 39.4 Å². The van der Waals surface area contributed by atoms with E-state index < -0.39 is 0 Å². The number of amides is 2. The van der Waals surface area contributed by atoms with Crippen LogP contribution < -0.4 is 5.43 Å². The third-order valence-electron chi connectivity index (χ3n) is 4.08. The van der Waals surface area contributed by atoms with E-state index in [0.29, 0.717) is 24.2 Å². The van der Waals surface area contributed by atoms with Crippen LogP contribution >= 0.6 is 15.9 Å². The second-order valence-corrected chi connectivity index (χ2v) is 7.30. The first-order chi connectivity index (χ1) is 12.3. The highest BCUT2D eigenvalue weighted by molar-refractivity contribution is 9.11. The Labute approximate surface area is 161 Å². The molecular weight excluding hydrogens is 396 g/mol. The van der Waals surface area contributed by atoms with Crippen molar-refractivity contribution in [1.82, 2.24) is 20.4 Å². The van der Waals surface area contributed by atoms with E-state index in [-0.39, 0.29) is 11.9 Å². The van der Waals surface area contributed by atoms with Gasteiger partial charge in [-0.25, -0.2) is 9.99 Å². The molecular formula is C19H23BrN4O2. The average molecular weight is 419 g/mol. The molecule has 0 radical (unpaired) electrons. The summed E-state index contributed by atoms with van der Waals surface area (Å²) in [5, 5.41) is 1.35. The van der Waals surface area contributed by atoms with Gasteiger partial charge in [-0.3, -0.25) is 15.0 Å². The molecule has 7 heteroatoms. The number of hydrogen-bond acceptors (Lipinski definition) is 3. The van der Waals surface area contributed by atoms with E-state index in [1.165, 1.54) is 5.01 Å². The molecule has 1 heterocycles. The summed E-state index contributed by atoms with van der Waals surface area (Å²) >= 11 is 3.27. The summed E-state index contributed by atoms with van der Waals surface area (Å²) in [6.45, 7) is 11.5. The van der Waals surface area contributed by atoms with E-state index in [4.69, 9.17) is 0 Å². The maximum Gasteiger partial charge on any atom is 0.268 e. The first kappa shape index (κ1) is 19.9. The molecule has 2 amide bonds. The number of aromatic amines is 1. The van der Waals surface area contributed by atoms with Crippen molar-refractivity contribution in [1.29, 1.82) is 0 Å². The molecule has 138 valence electrons. The zero-order valence-electron chi connectivity index (χ0n) is 15.0. The number of hydrogen-bond donors (Lipinski definition) is 2. The van der Waals surface area contributed by atoms with Crippen molar-refractivity contribution in [3.8, 4) is 0 Å². The minimum Gasteiger partial charge on any atom is -0.338 e. The topological polar surface area (TPSA) is 78.1 Å². The predicted molar refractivity (Wildman–Crippen MR) is 107 cm³/mol. The molecule has 0 saturated heterocycles. The molecule has 0 atom stereocenters. The summed E-state index contributed by atoms with van der Waals surface area (Å²) in [6.07, 6.45) is 8.17. The Bertz CT molecular complexity index is 789. The Hall–Kier alpha value is -2.41. The maximum atomic E-state index is 12.8. The number of imidazole rings is 1. The molecule has 2 N–H and O–H groups in total. The molecule has 1 aliphatic carbocycles. The fourth-order valence-electron chi connectivity index (χ4n) is 2.80. The molecule has 0 bridgehead atoms. The Balaban J connectivity index is 2.30. The van der Waals surface area contributed by atoms with Crippen LogP contribution in [-0.2, 0) is 9.59 Å². The summed E-state index contributed by atoms with van der Waals surface area (Å²) in [6, 6.07) is -0.142. The molecule has 26 heavy (non-hydrogen) atoms. The summed E-state index contributed by atoms with van der Waals surface area (Å²) in [7, 11) is 0. The Morgan fingerprint density at radius 1 is 1.38 bits per heavy atom. The lowest BCUT2D eigenvalue weighted by atomic mass is 10.1. The van der Waals surface area contributed by atoms with Crippen LogP contribution in [0.15, 0.2) is 41.6 Å². The molecule has 2 rings (SSSR count). The van der Waals surface area contributed by atoms with Gasteiger partial charge in [0.1, 0.15) is 5.82 Å². The second-order valence-electron chi connectivity index (χ2n) is 6.28. The second kappa shape index (κ2) is 8.80. The Morgan fingerprint density at radius 3 is 2.73 bits per heavy atom. The minimum atomic E-state index is -0.188. The van der Waals surface area contributed by atoms with Gasteiger partial charge in [-0.05, 0) is 44.8 Å². The highest BCUT2D eigenvalue weighted by Gasteiger charge is 2.28. The lowest BCUT2D eigenvalue weighted by Gasteiger charge is -2.25. The number of nitrogens with zero attached hydrogens (tertiary/aromatic N) is 2. The molecule has 0 unspecified atom stereocenters. The average Bonchev–Trinajstić information content (AvgIpc) is 3.25. The summed E-state index contributed by atoms with van der Waals surface area (Å²) in [5.41, 5.74) is 5.60. The van der Waals surface area contributed by atoms with Crippen LogP contribution in [0.3, 0.4) is 0 Å². The van der Waals surface area contributed by atoms with Crippen molar-refractivity contribution in [3.63, 3.8) is 0 Å². The highest BCUT2D eigenvalue weighted by atomic mass is 79.9. The van der Waals surface area contributed by atoms with Crippen LogP contribution in [0.1, 0.15) is 44.6 Å². The minimum absolute atomic E-state index is 0.142. The third-order valence-corrected chi connectivity index (χ3v) is 4.34. The number of nitrogens with one attached hydrogen (secondary N) is 2. The van der Waals surface area contributed by atoms with E-state index in [2.05, 4.69) is 44.5 Å². The Kier molecular flexibility index (Phi) is 6.74. The van der Waals surface area contributed by atoms with E-state index in [9.17, 15) is 9.59 Å². The first-order valence-electron chi connectivity index (χ1n) is 8.37. The van der Waals surface area contributed by atoms with Gasteiger partial charge >= 0.3 is 0 Å². The molecule has 1 aromatic heterocycles. The molecule has 0 spiro atoms. The number of aromatic nitrogens is 2. The van der Waals surface area contributed by atoms with Crippen molar-refractivity contribution < 1.29 is 9.59 Å². The summed E-state index contributed by atoms with van der Waals surface area (Å²) < 4.78 is 0.751. The summed E-state index contributed by atoms with van der Waals surface area (Å²) in [5.74, 6) is 0.481. The number of carbonyl (C=O) groups excluding carboxylic acids is 2. The van der Waals surface area contributed by atoms with Crippen molar-refractivity contribution in [2.45, 2.75) is 39.2 Å². The van der Waals surface area contributed by atoms with Gasteiger partial charge < -0.3 is 4.98 Å². The van der Waals surface area contributed by atoms with Gasteiger partial charge in [0, 0.05) is 21.7 Å². The van der Waals surface area contributed by atoms with Gasteiger partial charge in [0.05, 0.1) is 11.9 Å². The van der Waals surface area contributed by atoms with Gasteiger partial charge in [0.2, 0.25) is 6.41 Å². The zero-order valence-corrected chi connectivity index (χ0v) is 16.6. The van der Waals surface area contributed by atoms with E-state index >= 15 is 0 Å². The molecule has 0 saturated carbocycles. The van der Waals surface area contributed by atoms with Crippen LogP contribution in [0.4, 0.5) is 0 Å². The van der Waals surface area contributed by atoms with Gasteiger partial charge in [0.25, 0.3) is 5.91 Å². The van der Waals surface area contributed by atoms with Crippen LogP contribution in [0, 0.1) is 0 Å². The van der Waals surface area contributed by atoms with Crippen LogP contribution in [0.25, 0.3) is 11.1 Å². The smallest absolute Gasteiger partial charge is 0.268 e. The number of H-pyrrole nitrogens is 1. The normalized spacial score (nSPS) is 14.2. The zero-order chi connectivity index (χ0) is 19.3. The molecule has 1 aromatic rings. The van der Waals surface area contributed by atoms with E-state index in [1.54, 1.807) is 12.3 Å². The third kappa shape index (κ3) is 4.60. The number of hydrazine groups is 1. The predicted octanol–water partition coefficient (Wildman–Crippen LogP) is 3.72. The SMILES string of the molecule is C=C(Br)/C=C\C(=C)c1cnc(C2=C(C(=O)N(NC=O)C(C)C)CCC2)[nH]1. The standard InChI is InChI=1S/C19H23BrN4O2/c1-12(2)24(22-11-25)19(26)16-7-5-6-15(16)18-21-10-17(23-18)13(3)8-9-14(4)20/h8-12H,3-7H2,1-2H3,(H,21,23)(H,22,25)/b9-8-. The maximum absolute atomic E-state index is 12.8. The summed E-state index contributed by atoms with van der Waals surface area (Å²) in [4.78, 5) is 31.3. The van der Waals surface area contributed by atoms with Gasteiger partial charge in [-0.1, -0.05) is 35.2 Å². The number of allylic oxidation sites excluding steroid dienone is 5. The van der Waals surface area contributed by atoms with Crippen molar-refractivity contribution in [2.24, 2.45) is 0 Å². The number of carbonyl (C=O) groups is 2. The van der Waals surface area contributed by atoms with Gasteiger partial charge in [-0.15, -0.1) is 0 Å². The lowest BCUT2D eigenvalue weighted by Crippen LogP contribution is -2.47. The molecule has 6 nitrogen and oxygen atoms in total. The van der Waals surface area contributed by atoms with Gasteiger partial charge in [-0.2, -0.15) is 0 Å². The highest BCUT2D eigenvalue weighted by Crippen LogP contribution is 2.34. The molecule has 1 aliphatic rings. The van der Waals surface area contributed by atoms with Crippen molar-refractivity contribution in [2.75, 3.05) is 0 Å². The molecule has 0 fully saturated rings. The van der Waals surface area contributed by atoms with Crippen LogP contribution in [-0.4, -0.2) is 33.3 Å². The molecule has 0 aliphatic heterocycles. The van der Waals surface area contributed by atoms with Crippen LogP contribution in [0.2, 0.25) is 0 Å². The number of halogens is 1. The fourth-order valence-corrected chi connectivity index (χ4v) is 2.94. The largest absolute Gasteiger partial charge is 0.338 e. The first-order valence-corrected chi connectivity index (χ1v) is 9.17. The molecule has 0 aromatic carbocycles. The quantitative estimate of drug-likeness (QED) is 0.383.